The minimum atomic E-state index is -0.896. The van der Waals surface area contributed by atoms with E-state index in [0.717, 1.165) is 41.1 Å². The molecular formula is C25H31N5O4S. The van der Waals surface area contributed by atoms with Crippen molar-refractivity contribution in [3.05, 3.63) is 55.1 Å². The van der Waals surface area contributed by atoms with E-state index in [0.29, 0.717) is 28.2 Å². The standard InChI is InChI=1S/C25H31N5O4S/c1-7-17-15(5)26-25(30-14(4)12-13(3)28-30)29(23(17)32)16(6)21(31)27-22-20(24(33)34-8-2)18-10-9-11-19(18)35-22/h12,16H,7-11H2,1-6H3,(H,27,31)/t16-/m1/s1. The number of thiophene rings is 1. The third-order valence-corrected chi connectivity index (χ3v) is 7.56. The van der Waals surface area contributed by atoms with E-state index in [9.17, 15) is 14.4 Å². The van der Waals surface area contributed by atoms with Crippen LogP contribution in [-0.4, -0.2) is 37.8 Å². The zero-order chi connectivity index (χ0) is 25.4. The van der Waals surface area contributed by atoms with Gasteiger partial charge in [0.05, 0.1) is 23.6 Å². The van der Waals surface area contributed by atoms with Gasteiger partial charge in [0.15, 0.2) is 0 Å². The molecule has 4 rings (SSSR count). The Morgan fingerprint density at radius 1 is 1.23 bits per heavy atom. The summed E-state index contributed by atoms with van der Waals surface area (Å²) in [5, 5.41) is 7.89. The number of ether oxygens (including phenoxy) is 1. The lowest BCUT2D eigenvalue weighted by Crippen LogP contribution is -2.37. The quantitative estimate of drug-likeness (QED) is 0.497. The van der Waals surface area contributed by atoms with Gasteiger partial charge in [-0.05, 0) is 71.9 Å². The van der Waals surface area contributed by atoms with Gasteiger partial charge in [0.25, 0.3) is 5.56 Å². The number of carbonyl (C=O) groups is 2. The first-order valence-electron chi connectivity index (χ1n) is 12.0. The number of hydrogen-bond donors (Lipinski definition) is 1. The van der Waals surface area contributed by atoms with Gasteiger partial charge in [-0.2, -0.15) is 5.10 Å². The van der Waals surface area contributed by atoms with E-state index in [2.05, 4.69) is 15.4 Å². The molecule has 1 N–H and O–H groups in total. The van der Waals surface area contributed by atoms with Crippen molar-refractivity contribution in [2.24, 2.45) is 0 Å². The van der Waals surface area contributed by atoms with Crippen LogP contribution in [0.4, 0.5) is 5.00 Å². The number of rotatable bonds is 7. The third kappa shape index (κ3) is 4.42. The molecule has 0 aromatic carbocycles. The maximum atomic E-state index is 13.5. The summed E-state index contributed by atoms with van der Waals surface area (Å²) < 4.78 is 8.26. The minimum absolute atomic E-state index is 0.253. The Morgan fingerprint density at radius 2 is 1.97 bits per heavy atom. The van der Waals surface area contributed by atoms with E-state index in [-0.39, 0.29) is 18.1 Å². The molecule has 0 fully saturated rings. The van der Waals surface area contributed by atoms with Crippen molar-refractivity contribution in [1.29, 1.82) is 0 Å². The SMILES string of the molecule is CCOC(=O)c1c(NC(=O)[C@@H](C)n2c(-n3nc(C)cc3C)nc(C)c(CC)c2=O)sc2c1CCC2. The highest BCUT2D eigenvalue weighted by molar-refractivity contribution is 7.17. The van der Waals surface area contributed by atoms with E-state index in [1.54, 1.807) is 25.5 Å². The van der Waals surface area contributed by atoms with Crippen LogP contribution in [0.25, 0.3) is 5.95 Å². The van der Waals surface area contributed by atoms with Crippen molar-refractivity contribution < 1.29 is 14.3 Å². The van der Waals surface area contributed by atoms with Gasteiger partial charge in [-0.15, -0.1) is 11.3 Å². The fraction of sp³-hybridized carbons (Fsp3) is 0.480. The molecule has 35 heavy (non-hydrogen) atoms. The normalized spacial score (nSPS) is 13.5. The molecule has 1 aliphatic rings. The molecule has 0 aliphatic heterocycles. The van der Waals surface area contributed by atoms with Crippen LogP contribution in [0.15, 0.2) is 10.9 Å². The number of nitrogens with zero attached hydrogens (tertiary/aromatic N) is 4. The van der Waals surface area contributed by atoms with E-state index >= 15 is 0 Å². The van der Waals surface area contributed by atoms with Crippen LogP contribution < -0.4 is 10.9 Å². The molecule has 9 nitrogen and oxygen atoms in total. The van der Waals surface area contributed by atoms with Gasteiger partial charge in [-0.3, -0.25) is 14.2 Å². The second-order valence-electron chi connectivity index (χ2n) is 8.79. The molecule has 3 heterocycles. The lowest BCUT2D eigenvalue weighted by Gasteiger charge is -2.21. The molecule has 1 amide bonds. The highest BCUT2D eigenvalue weighted by Crippen LogP contribution is 2.39. The number of aryl methyl sites for hydroxylation is 4. The fourth-order valence-corrected chi connectivity index (χ4v) is 5.92. The highest BCUT2D eigenvalue weighted by Gasteiger charge is 2.31. The van der Waals surface area contributed by atoms with Gasteiger partial charge < -0.3 is 10.1 Å². The van der Waals surface area contributed by atoms with Crippen molar-refractivity contribution in [2.75, 3.05) is 11.9 Å². The maximum absolute atomic E-state index is 13.5. The Balaban J connectivity index is 1.77. The van der Waals surface area contributed by atoms with Crippen LogP contribution in [-0.2, 0) is 28.8 Å². The Hall–Kier alpha value is -3.27. The van der Waals surface area contributed by atoms with Crippen molar-refractivity contribution in [2.45, 2.75) is 73.3 Å². The van der Waals surface area contributed by atoms with Gasteiger partial charge in [0, 0.05) is 16.1 Å². The van der Waals surface area contributed by atoms with Crippen LogP contribution in [0, 0.1) is 20.8 Å². The average molecular weight is 498 g/mol. The number of hydrogen-bond acceptors (Lipinski definition) is 7. The van der Waals surface area contributed by atoms with Crippen LogP contribution in [0.2, 0.25) is 0 Å². The first-order chi connectivity index (χ1) is 16.7. The molecule has 1 atom stereocenters. The summed E-state index contributed by atoms with van der Waals surface area (Å²) in [7, 11) is 0. The number of amides is 1. The second-order valence-corrected chi connectivity index (χ2v) is 9.90. The molecule has 0 spiro atoms. The molecule has 0 radical (unpaired) electrons. The molecule has 0 saturated heterocycles. The van der Waals surface area contributed by atoms with Crippen LogP contribution in [0.1, 0.15) is 76.7 Å². The van der Waals surface area contributed by atoms with E-state index in [1.807, 2.05) is 26.8 Å². The van der Waals surface area contributed by atoms with Crippen LogP contribution >= 0.6 is 11.3 Å². The zero-order valence-electron chi connectivity index (χ0n) is 21.0. The fourth-order valence-electron chi connectivity index (χ4n) is 4.64. The first-order valence-corrected chi connectivity index (χ1v) is 12.8. The summed E-state index contributed by atoms with van der Waals surface area (Å²) in [5.74, 6) is -0.550. The Labute approximate surface area is 208 Å². The topological polar surface area (TPSA) is 108 Å². The maximum Gasteiger partial charge on any atom is 0.341 e. The number of aromatic nitrogens is 4. The summed E-state index contributed by atoms with van der Waals surface area (Å²) in [6.07, 6.45) is 3.14. The molecular weight excluding hydrogens is 466 g/mol. The molecule has 186 valence electrons. The molecule has 0 bridgehead atoms. The number of nitrogens with one attached hydrogen (secondary N) is 1. The third-order valence-electron chi connectivity index (χ3n) is 6.35. The summed E-state index contributed by atoms with van der Waals surface area (Å²) in [6.45, 7) is 11.1. The number of esters is 1. The van der Waals surface area contributed by atoms with Gasteiger partial charge >= 0.3 is 5.97 Å². The molecule has 10 heteroatoms. The Kier molecular flexibility index (Phi) is 6.93. The van der Waals surface area contributed by atoms with Gasteiger partial charge in [0.1, 0.15) is 11.0 Å². The number of carbonyl (C=O) groups excluding carboxylic acids is 2. The second kappa shape index (κ2) is 9.77. The summed E-state index contributed by atoms with van der Waals surface area (Å²) in [6, 6.07) is 0.995. The highest BCUT2D eigenvalue weighted by atomic mass is 32.1. The Bertz CT molecular complexity index is 1370. The monoisotopic (exact) mass is 497 g/mol. The van der Waals surface area contributed by atoms with Crippen molar-refractivity contribution in [3.8, 4) is 5.95 Å². The van der Waals surface area contributed by atoms with Crippen molar-refractivity contribution in [3.63, 3.8) is 0 Å². The molecule has 3 aromatic rings. The van der Waals surface area contributed by atoms with Crippen molar-refractivity contribution >= 4 is 28.2 Å². The summed E-state index contributed by atoms with van der Waals surface area (Å²) in [5.41, 5.74) is 3.88. The average Bonchev–Trinajstić information content (AvgIpc) is 3.47. The molecule has 0 saturated carbocycles. The molecule has 1 aliphatic carbocycles. The number of anilines is 1. The lowest BCUT2D eigenvalue weighted by molar-refractivity contribution is -0.118. The van der Waals surface area contributed by atoms with Gasteiger partial charge in [0.2, 0.25) is 11.9 Å². The zero-order valence-corrected chi connectivity index (χ0v) is 21.8. The summed E-state index contributed by atoms with van der Waals surface area (Å²) >= 11 is 1.41. The van der Waals surface area contributed by atoms with Gasteiger partial charge in [-0.25, -0.2) is 14.5 Å². The van der Waals surface area contributed by atoms with Gasteiger partial charge in [-0.1, -0.05) is 6.92 Å². The first kappa shape index (κ1) is 24.8. The van der Waals surface area contributed by atoms with E-state index < -0.39 is 17.9 Å². The Morgan fingerprint density at radius 3 is 2.60 bits per heavy atom. The van der Waals surface area contributed by atoms with E-state index in [4.69, 9.17) is 4.74 Å². The van der Waals surface area contributed by atoms with Crippen LogP contribution in [0.5, 0.6) is 0 Å². The predicted molar refractivity (Wildman–Crippen MR) is 135 cm³/mol. The molecule has 3 aromatic heterocycles. The minimum Gasteiger partial charge on any atom is -0.462 e. The smallest absolute Gasteiger partial charge is 0.341 e. The lowest BCUT2D eigenvalue weighted by atomic mass is 10.1. The predicted octanol–water partition coefficient (Wildman–Crippen LogP) is 3.84. The number of fused-ring (bicyclic) bond motifs is 1. The van der Waals surface area contributed by atoms with Crippen LogP contribution in [0.3, 0.4) is 0 Å². The summed E-state index contributed by atoms with van der Waals surface area (Å²) in [4.78, 5) is 45.5. The van der Waals surface area contributed by atoms with E-state index in [1.165, 1.54) is 15.9 Å². The molecule has 0 unspecified atom stereocenters. The largest absolute Gasteiger partial charge is 0.462 e. The van der Waals surface area contributed by atoms with Crippen molar-refractivity contribution in [1.82, 2.24) is 19.3 Å².